The fraction of sp³-hybridized carbons (Fsp3) is 0.286. The zero-order valence-corrected chi connectivity index (χ0v) is 11.6. The molecule has 1 heterocycles. The highest BCUT2D eigenvalue weighted by atomic mass is 16.7. The van der Waals surface area contributed by atoms with Crippen LogP contribution in [0.5, 0.6) is 5.75 Å². The molecular formula is C14H14N2O5. The van der Waals surface area contributed by atoms with Crippen LogP contribution in [0.15, 0.2) is 30.5 Å². The van der Waals surface area contributed by atoms with Gasteiger partial charge < -0.3 is 9.47 Å². The topological polar surface area (TPSA) is 91.6 Å². The Bertz CT molecular complexity index is 686. The van der Waals surface area contributed by atoms with E-state index in [-0.39, 0.29) is 18.1 Å². The molecule has 0 bridgehead atoms. The monoisotopic (exact) mass is 290 g/mol. The normalized spacial score (nSPS) is 11.9. The maximum atomic E-state index is 11.2. The van der Waals surface area contributed by atoms with Gasteiger partial charge in [0.2, 0.25) is 6.29 Å². The number of aromatic nitrogens is 1. The van der Waals surface area contributed by atoms with Crippen molar-refractivity contribution in [1.82, 2.24) is 4.98 Å². The Hall–Kier alpha value is -2.70. The standard InChI is InChI=1S/C14H14N2O5/c1-3-13(17)21-9(2)20-12-7-6-11(16(18)19)10-5-4-8-15-14(10)12/h4-9H,3H2,1-2H3. The first kappa shape index (κ1) is 14.7. The molecule has 7 heteroatoms. The molecule has 0 amide bonds. The molecule has 0 aliphatic carbocycles. The number of hydrogen-bond donors (Lipinski definition) is 0. The first-order chi connectivity index (χ1) is 10.0. The van der Waals surface area contributed by atoms with Gasteiger partial charge in [-0.3, -0.25) is 19.9 Å². The fourth-order valence-electron chi connectivity index (χ4n) is 1.86. The van der Waals surface area contributed by atoms with Crippen LogP contribution < -0.4 is 4.74 Å². The molecular weight excluding hydrogens is 276 g/mol. The molecule has 21 heavy (non-hydrogen) atoms. The number of benzene rings is 1. The number of hydrogen-bond acceptors (Lipinski definition) is 6. The number of rotatable bonds is 5. The highest BCUT2D eigenvalue weighted by Crippen LogP contribution is 2.31. The van der Waals surface area contributed by atoms with Gasteiger partial charge in [-0.05, 0) is 18.2 Å². The summed E-state index contributed by atoms with van der Waals surface area (Å²) in [6.45, 7) is 3.25. The van der Waals surface area contributed by atoms with E-state index in [9.17, 15) is 14.9 Å². The first-order valence-corrected chi connectivity index (χ1v) is 6.41. The maximum Gasteiger partial charge on any atom is 0.308 e. The number of pyridine rings is 1. The van der Waals surface area contributed by atoms with Crippen molar-refractivity contribution in [2.45, 2.75) is 26.6 Å². The van der Waals surface area contributed by atoms with Gasteiger partial charge in [0.25, 0.3) is 5.69 Å². The molecule has 2 aromatic rings. The molecule has 110 valence electrons. The summed E-state index contributed by atoms with van der Waals surface area (Å²) in [6, 6.07) is 5.99. The van der Waals surface area contributed by atoms with E-state index in [0.29, 0.717) is 16.7 Å². The summed E-state index contributed by atoms with van der Waals surface area (Å²) in [6.07, 6.45) is 0.957. The second-order valence-corrected chi connectivity index (χ2v) is 4.27. The molecule has 1 aromatic carbocycles. The molecule has 0 fully saturated rings. The quantitative estimate of drug-likeness (QED) is 0.364. The molecule has 1 unspecified atom stereocenters. The van der Waals surface area contributed by atoms with Crippen molar-refractivity contribution in [3.8, 4) is 5.75 Å². The number of fused-ring (bicyclic) bond motifs is 1. The van der Waals surface area contributed by atoms with Crippen LogP contribution in [0, 0.1) is 10.1 Å². The Kier molecular flexibility index (Phi) is 4.32. The third-order valence-corrected chi connectivity index (χ3v) is 2.79. The van der Waals surface area contributed by atoms with Gasteiger partial charge in [0, 0.05) is 25.6 Å². The van der Waals surface area contributed by atoms with Crippen molar-refractivity contribution in [3.05, 3.63) is 40.6 Å². The van der Waals surface area contributed by atoms with E-state index in [1.165, 1.54) is 18.3 Å². The van der Waals surface area contributed by atoms with Gasteiger partial charge in [-0.15, -0.1) is 0 Å². The lowest BCUT2D eigenvalue weighted by Crippen LogP contribution is -2.20. The van der Waals surface area contributed by atoms with Crippen molar-refractivity contribution >= 4 is 22.6 Å². The lowest BCUT2D eigenvalue weighted by molar-refractivity contribution is -0.383. The summed E-state index contributed by atoms with van der Waals surface area (Å²) in [5.74, 6) is -0.0609. The van der Waals surface area contributed by atoms with Gasteiger partial charge in [-0.2, -0.15) is 0 Å². The first-order valence-electron chi connectivity index (χ1n) is 6.41. The smallest absolute Gasteiger partial charge is 0.308 e. The van der Waals surface area contributed by atoms with Crippen LogP contribution in [-0.2, 0) is 9.53 Å². The predicted octanol–water partition coefficient (Wildman–Crippen LogP) is 2.82. The van der Waals surface area contributed by atoms with Gasteiger partial charge >= 0.3 is 5.97 Å². The maximum absolute atomic E-state index is 11.2. The summed E-state index contributed by atoms with van der Waals surface area (Å²) >= 11 is 0. The van der Waals surface area contributed by atoms with E-state index in [1.54, 1.807) is 26.0 Å². The summed E-state index contributed by atoms with van der Waals surface area (Å²) in [4.78, 5) is 25.8. The lowest BCUT2D eigenvalue weighted by Gasteiger charge is -2.15. The van der Waals surface area contributed by atoms with Gasteiger partial charge in [-0.1, -0.05) is 6.92 Å². The molecule has 7 nitrogen and oxygen atoms in total. The second-order valence-electron chi connectivity index (χ2n) is 4.27. The zero-order valence-electron chi connectivity index (χ0n) is 11.6. The highest BCUT2D eigenvalue weighted by Gasteiger charge is 2.18. The lowest BCUT2D eigenvalue weighted by atomic mass is 10.1. The molecule has 0 saturated carbocycles. The zero-order chi connectivity index (χ0) is 15.4. The number of nitro benzene ring substituents is 1. The number of non-ortho nitro benzene ring substituents is 1. The minimum atomic E-state index is -0.802. The average molecular weight is 290 g/mol. The summed E-state index contributed by atoms with van der Waals surface area (Å²) in [5, 5.41) is 11.4. The van der Waals surface area contributed by atoms with Gasteiger partial charge in [-0.25, -0.2) is 0 Å². The number of ether oxygens (including phenoxy) is 2. The van der Waals surface area contributed by atoms with E-state index < -0.39 is 11.2 Å². The molecule has 0 saturated heterocycles. The number of carbonyl (C=O) groups is 1. The average Bonchev–Trinajstić information content (AvgIpc) is 2.47. The van der Waals surface area contributed by atoms with Crippen LogP contribution >= 0.6 is 0 Å². The number of nitro groups is 1. The van der Waals surface area contributed by atoms with Gasteiger partial charge in [0.15, 0.2) is 5.75 Å². The van der Waals surface area contributed by atoms with Gasteiger partial charge in [0.1, 0.15) is 5.52 Å². The molecule has 0 spiro atoms. The SMILES string of the molecule is CCC(=O)OC(C)Oc1ccc([N+](=O)[O-])c2cccnc12. The number of carbonyl (C=O) groups excluding carboxylic acids is 1. The van der Waals surface area contributed by atoms with E-state index >= 15 is 0 Å². The van der Waals surface area contributed by atoms with Crippen LogP contribution in [0.4, 0.5) is 5.69 Å². The van der Waals surface area contributed by atoms with Crippen molar-refractivity contribution < 1.29 is 19.2 Å². The minimum absolute atomic E-state index is 0.0522. The molecule has 1 atom stereocenters. The fourth-order valence-corrected chi connectivity index (χ4v) is 1.86. The Labute approximate surface area is 120 Å². The Balaban J connectivity index is 2.35. The molecule has 0 aliphatic heterocycles. The Morgan fingerprint density at radius 1 is 1.43 bits per heavy atom. The summed E-state index contributed by atoms with van der Waals surface area (Å²) < 4.78 is 10.5. The van der Waals surface area contributed by atoms with Crippen molar-refractivity contribution in [3.63, 3.8) is 0 Å². The van der Waals surface area contributed by atoms with E-state index in [2.05, 4.69) is 4.98 Å². The van der Waals surface area contributed by atoms with E-state index in [4.69, 9.17) is 9.47 Å². The molecule has 2 rings (SSSR count). The Morgan fingerprint density at radius 3 is 2.86 bits per heavy atom. The van der Waals surface area contributed by atoms with E-state index in [1.807, 2.05) is 0 Å². The van der Waals surface area contributed by atoms with Crippen molar-refractivity contribution in [1.29, 1.82) is 0 Å². The number of esters is 1. The third-order valence-electron chi connectivity index (χ3n) is 2.79. The van der Waals surface area contributed by atoms with Crippen LogP contribution in [-0.4, -0.2) is 22.2 Å². The summed E-state index contributed by atoms with van der Waals surface area (Å²) in [7, 11) is 0. The molecule has 0 N–H and O–H groups in total. The highest BCUT2D eigenvalue weighted by molar-refractivity contribution is 5.92. The van der Waals surface area contributed by atoms with Crippen molar-refractivity contribution in [2.24, 2.45) is 0 Å². The van der Waals surface area contributed by atoms with Crippen molar-refractivity contribution in [2.75, 3.05) is 0 Å². The van der Waals surface area contributed by atoms with E-state index in [0.717, 1.165) is 0 Å². The third kappa shape index (κ3) is 3.25. The van der Waals surface area contributed by atoms with Crippen LogP contribution in [0.25, 0.3) is 10.9 Å². The minimum Gasteiger partial charge on any atom is -0.453 e. The van der Waals surface area contributed by atoms with Crippen LogP contribution in [0.3, 0.4) is 0 Å². The predicted molar refractivity (Wildman–Crippen MR) is 74.9 cm³/mol. The number of nitrogens with zero attached hydrogens (tertiary/aromatic N) is 2. The molecule has 1 aromatic heterocycles. The second kappa shape index (κ2) is 6.17. The largest absolute Gasteiger partial charge is 0.453 e. The summed E-state index contributed by atoms with van der Waals surface area (Å²) in [5.41, 5.74) is 0.301. The molecule has 0 radical (unpaired) electrons. The molecule has 0 aliphatic rings. The van der Waals surface area contributed by atoms with Gasteiger partial charge in [0.05, 0.1) is 10.3 Å². The van der Waals surface area contributed by atoms with Crippen LogP contribution in [0.2, 0.25) is 0 Å². The Morgan fingerprint density at radius 2 is 2.19 bits per heavy atom. The van der Waals surface area contributed by atoms with Crippen LogP contribution in [0.1, 0.15) is 20.3 Å².